The number of aromatic nitrogens is 4. The van der Waals surface area contributed by atoms with Crippen molar-refractivity contribution in [1.29, 1.82) is 0 Å². The van der Waals surface area contributed by atoms with Gasteiger partial charge in [0, 0.05) is 70.9 Å². The number of ether oxygens (including phenoxy) is 1. The molecule has 1 unspecified atom stereocenters. The fourth-order valence-electron chi connectivity index (χ4n) is 4.32. The maximum Gasteiger partial charge on any atom is 0.247 e. The molecule has 4 aromatic rings. The van der Waals surface area contributed by atoms with Crippen molar-refractivity contribution in [1.82, 2.24) is 29.5 Å². The summed E-state index contributed by atoms with van der Waals surface area (Å²) in [6.07, 6.45) is 10.3. The van der Waals surface area contributed by atoms with Gasteiger partial charge in [-0.05, 0) is 28.8 Å². The third-order valence-electron chi connectivity index (χ3n) is 6.55. The van der Waals surface area contributed by atoms with Gasteiger partial charge in [-0.2, -0.15) is 5.10 Å². The maximum absolute atomic E-state index is 13.8. The number of methoxy groups -OCH3 is 1. The maximum atomic E-state index is 13.8. The summed E-state index contributed by atoms with van der Waals surface area (Å²) in [5, 5.41) is 4.33. The summed E-state index contributed by atoms with van der Waals surface area (Å²) in [6, 6.07) is 18.7. The lowest BCUT2D eigenvalue weighted by molar-refractivity contribution is -0.143. The number of carbonyl (C=O) groups is 2. The van der Waals surface area contributed by atoms with E-state index in [9.17, 15) is 9.59 Å². The molecule has 9 heteroatoms. The number of amides is 2. The quantitative estimate of drug-likeness (QED) is 0.256. The Bertz CT molecular complexity index is 1400. The van der Waals surface area contributed by atoms with Gasteiger partial charge in [0.05, 0.1) is 12.3 Å². The number of nitrogens with zero attached hydrogens (tertiary/aromatic N) is 6. The Morgan fingerprint density at radius 2 is 1.70 bits per heavy atom. The Morgan fingerprint density at radius 3 is 2.35 bits per heavy atom. The van der Waals surface area contributed by atoms with Crippen molar-refractivity contribution in [3.8, 4) is 11.1 Å². The van der Waals surface area contributed by atoms with E-state index in [0.29, 0.717) is 25.3 Å². The van der Waals surface area contributed by atoms with Crippen molar-refractivity contribution in [2.75, 3.05) is 27.3 Å². The van der Waals surface area contributed by atoms with Crippen molar-refractivity contribution in [3.63, 3.8) is 0 Å². The van der Waals surface area contributed by atoms with Gasteiger partial charge in [-0.25, -0.2) is 9.97 Å². The highest BCUT2D eigenvalue weighted by molar-refractivity contribution is 5.95. The molecular formula is C31H34N6O3. The first kappa shape index (κ1) is 28.4. The van der Waals surface area contributed by atoms with E-state index in [1.54, 1.807) is 47.1 Å². The zero-order valence-corrected chi connectivity index (χ0v) is 23.1. The molecule has 0 saturated heterocycles. The molecule has 40 heavy (non-hydrogen) atoms. The molecule has 2 heterocycles. The molecule has 0 N–H and O–H groups in total. The number of rotatable bonds is 12. The Kier molecular flexibility index (Phi) is 9.90. The zero-order chi connectivity index (χ0) is 28.3. The van der Waals surface area contributed by atoms with Gasteiger partial charge < -0.3 is 14.5 Å². The van der Waals surface area contributed by atoms with Crippen LogP contribution in [0.25, 0.3) is 17.2 Å². The fourth-order valence-corrected chi connectivity index (χ4v) is 4.32. The van der Waals surface area contributed by atoms with E-state index in [2.05, 4.69) is 15.1 Å². The second-order valence-electron chi connectivity index (χ2n) is 9.50. The monoisotopic (exact) mass is 538 g/mol. The summed E-state index contributed by atoms with van der Waals surface area (Å²) in [6.45, 7) is 1.07. The lowest BCUT2D eigenvalue weighted by Crippen LogP contribution is -2.51. The first-order valence-electron chi connectivity index (χ1n) is 13.0. The molecule has 0 aliphatic rings. The van der Waals surface area contributed by atoms with Gasteiger partial charge in [0.1, 0.15) is 12.4 Å². The van der Waals surface area contributed by atoms with Gasteiger partial charge in [0.15, 0.2) is 0 Å². The van der Waals surface area contributed by atoms with Gasteiger partial charge in [0.2, 0.25) is 11.8 Å². The summed E-state index contributed by atoms with van der Waals surface area (Å²) in [5.41, 5.74) is 4.39. The second-order valence-corrected chi connectivity index (χ2v) is 9.50. The summed E-state index contributed by atoms with van der Waals surface area (Å²) < 4.78 is 6.87. The molecule has 1 atom stereocenters. The third-order valence-corrected chi connectivity index (χ3v) is 6.55. The first-order valence-corrected chi connectivity index (χ1v) is 13.0. The Hall–Kier alpha value is -4.63. The topological polar surface area (TPSA) is 93.5 Å². The van der Waals surface area contributed by atoms with E-state index in [4.69, 9.17) is 4.74 Å². The average Bonchev–Trinajstić information content (AvgIpc) is 3.42. The molecule has 0 saturated carbocycles. The van der Waals surface area contributed by atoms with Gasteiger partial charge in [-0.3, -0.25) is 14.3 Å². The van der Waals surface area contributed by atoms with Crippen LogP contribution in [0.2, 0.25) is 0 Å². The Labute approximate surface area is 234 Å². The van der Waals surface area contributed by atoms with Gasteiger partial charge in [0.25, 0.3) is 0 Å². The van der Waals surface area contributed by atoms with Crippen molar-refractivity contribution < 1.29 is 14.3 Å². The minimum atomic E-state index is -0.729. The molecule has 0 bridgehead atoms. The van der Waals surface area contributed by atoms with Crippen LogP contribution in [0.5, 0.6) is 0 Å². The van der Waals surface area contributed by atoms with Crippen LogP contribution in [-0.2, 0) is 34.3 Å². The predicted octanol–water partition coefficient (Wildman–Crippen LogP) is 3.64. The predicted molar refractivity (Wildman–Crippen MR) is 154 cm³/mol. The van der Waals surface area contributed by atoms with Crippen LogP contribution < -0.4 is 0 Å². The smallest absolute Gasteiger partial charge is 0.247 e. The van der Waals surface area contributed by atoms with E-state index >= 15 is 0 Å². The molecule has 2 amide bonds. The van der Waals surface area contributed by atoms with Crippen molar-refractivity contribution >= 4 is 17.9 Å². The lowest BCUT2D eigenvalue weighted by atomic mass is 10.0. The highest BCUT2D eigenvalue weighted by Gasteiger charge is 2.31. The number of likely N-dealkylation sites (N-methyl/N-ethyl adjacent to an activating group) is 1. The molecule has 0 aliphatic carbocycles. The molecule has 0 aliphatic heterocycles. The highest BCUT2D eigenvalue weighted by Crippen LogP contribution is 2.21. The van der Waals surface area contributed by atoms with Gasteiger partial charge in [-0.15, -0.1) is 0 Å². The van der Waals surface area contributed by atoms with Gasteiger partial charge >= 0.3 is 0 Å². The third kappa shape index (κ3) is 7.70. The number of carbonyl (C=O) groups excluding carboxylic acids is 2. The highest BCUT2D eigenvalue weighted by atomic mass is 16.5. The van der Waals surface area contributed by atoms with Crippen molar-refractivity contribution in [2.45, 2.75) is 19.0 Å². The van der Waals surface area contributed by atoms with Crippen molar-refractivity contribution in [3.05, 3.63) is 108 Å². The van der Waals surface area contributed by atoms with E-state index in [-0.39, 0.29) is 18.4 Å². The SMILES string of the molecule is COCCN(C)C(=O)C(Cc1ccccc1)N(Cc1ccc(-c2cncnc2)cc1)C(=O)C=Cc1ccn(C)n1. The van der Waals surface area contributed by atoms with E-state index in [1.807, 2.05) is 73.9 Å². The lowest BCUT2D eigenvalue weighted by Gasteiger charge is -2.33. The number of benzene rings is 2. The standard InChI is InChI=1S/C31H34N6O3/c1-35(17-18-40-3)31(39)29(19-24-7-5-4-6-8-24)37(30(38)14-13-28-15-16-36(2)34-28)22-25-9-11-26(12-10-25)27-20-32-23-33-21-27/h4-16,20-21,23,29H,17-19,22H2,1-3H3. The van der Waals surface area contributed by atoms with E-state index < -0.39 is 6.04 Å². The van der Waals surface area contributed by atoms with Crippen molar-refractivity contribution in [2.24, 2.45) is 7.05 Å². The summed E-state index contributed by atoms with van der Waals surface area (Å²) >= 11 is 0. The van der Waals surface area contributed by atoms with Gasteiger partial charge in [-0.1, -0.05) is 54.6 Å². The molecule has 0 fully saturated rings. The van der Waals surface area contributed by atoms with Crippen LogP contribution in [0.15, 0.2) is 91.7 Å². The van der Waals surface area contributed by atoms with Crippen LogP contribution in [-0.4, -0.2) is 74.7 Å². The number of hydrogen-bond acceptors (Lipinski definition) is 6. The fraction of sp³-hybridized carbons (Fsp3) is 0.258. The second kappa shape index (κ2) is 14.0. The summed E-state index contributed by atoms with van der Waals surface area (Å²) in [5.74, 6) is -0.431. The zero-order valence-electron chi connectivity index (χ0n) is 23.1. The summed E-state index contributed by atoms with van der Waals surface area (Å²) in [7, 11) is 5.16. The number of aryl methyl sites for hydroxylation is 1. The van der Waals surface area contributed by atoms with Crippen LogP contribution in [0.3, 0.4) is 0 Å². The Morgan fingerprint density at radius 1 is 0.975 bits per heavy atom. The molecule has 0 spiro atoms. The summed E-state index contributed by atoms with van der Waals surface area (Å²) in [4.78, 5) is 39.1. The normalized spacial score (nSPS) is 11.9. The largest absolute Gasteiger partial charge is 0.383 e. The molecule has 206 valence electrons. The van der Waals surface area contributed by atoms with E-state index in [0.717, 1.165) is 22.3 Å². The van der Waals surface area contributed by atoms with Crippen LogP contribution in [0, 0.1) is 0 Å². The minimum absolute atomic E-state index is 0.154. The molecule has 4 rings (SSSR count). The van der Waals surface area contributed by atoms with Crippen LogP contribution >= 0.6 is 0 Å². The minimum Gasteiger partial charge on any atom is -0.383 e. The molecule has 9 nitrogen and oxygen atoms in total. The molecule has 2 aromatic heterocycles. The number of hydrogen-bond donors (Lipinski definition) is 0. The van der Waals surface area contributed by atoms with E-state index in [1.165, 1.54) is 12.4 Å². The molecule has 2 aromatic carbocycles. The van der Waals surface area contributed by atoms with Crippen LogP contribution in [0.1, 0.15) is 16.8 Å². The van der Waals surface area contributed by atoms with Crippen LogP contribution in [0.4, 0.5) is 0 Å². The Balaban J connectivity index is 1.67. The molecular weight excluding hydrogens is 504 g/mol. The first-order chi connectivity index (χ1) is 19.4. The molecule has 0 radical (unpaired) electrons. The average molecular weight is 539 g/mol.